The lowest BCUT2D eigenvalue weighted by atomic mass is 9.98. The molecule has 0 saturated carbocycles. The van der Waals surface area contributed by atoms with Gasteiger partial charge in [-0.25, -0.2) is 0 Å². The Hall–Kier alpha value is -0.260. The van der Waals surface area contributed by atoms with Gasteiger partial charge in [0.15, 0.2) is 0 Å². The molecule has 0 saturated heterocycles. The first-order valence-corrected chi connectivity index (χ1v) is 4.07. The van der Waals surface area contributed by atoms with Crippen LogP contribution in [-0.4, -0.2) is 0 Å². The molecule has 0 radical (unpaired) electrons. The van der Waals surface area contributed by atoms with E-state index in [4.69, 9.17) is 0 Å². The molecule has 52 valence electrons. The van der Waals surface area contributed by atoms with Crippen LogP contribution in [0.5, 0.6) is 0 Å². The maximum absolute atomic E-state index is 2.36. The van der Waals surface area contributed by atoms with Gasteiger partial charge >= 0.3 is 0 Å². The summed E-state index contributed by atoms with van der Waals surface area (Å²) >= 11 is 0. The van der Waals surface area contributed by atoms with Gasteiger partial charge in [0.25, 0.3) is 0 Å². The first kappa shape index (κ1) is 6.85. The average molecular weight is 124 g/mol. The number of rotatable bonds is 4. The summed E-state index contributed by atoms with van der Waals surface area (Å²) in [4.78, 5) is 0. The summed E-state index contributed by atoms with van der Waals surface area (Å²) in [5.74, 6) is 0.940. The van der Waals surface area contributed by atoms with Crippen LogP contribution in [0.1, 0.15) is 39.5 Å². The molecule has 0 bridgehead atoms. The van der Waals surface area contributed by atoms with Crippen molar-refractivity contribution in [3.8, 4) is 0 Å². The zero-order valence-electron chi connectivity index (χ0n) is 6.48. The maximum Gasteiger partial charge on any atom is -0.0133 e. The van der Waals surface area contributed by atoms with Gasteiger partial charge in [0, 0.05) is 0 Å². The third-order valence-electron chi connectivity index (χ3n) is 2.09. The fourth-order valence-electron chi connectivity index (χ4n) is 1.39. The van der Waals surface area contributed by atoms with E-state index in [1.54, 1.807) is 5.57 Å². The monoisotopic (exact) mass is 124 g/mol. The van der Waals surface area contributed by atoms with Gasteiger partial charge in [-0.05, 0) is 25.2 Å². The maximum atomic E-state index is 2.36. The van der Waals surface area contributed by atoms with E-state index in [1.165, 1.54) is 25.7 Å². The highest BCUT2D eigenvalue weighted by Gasteiger charge is 2.16. The highest BCUT2D eigenvalue weighted by atomic mass is 14.2. The molecule has 1 aliphatic carbocycles. The molecule has 0 aromatic heterocycles. The summed E-state index contributed by atoms with van der Waals surface area (Å²) in [6, 6.07) is 0. The Morgan fingerprint density at radius 2 is 2.22 bits per heavy atom. The van der Waals surface area contributed by atoms with E-state index in [1.807, 2.05) is 0 Å². The molecule has 0 heteroatoms. The van der Waals surface area contributed by atoms with Crippen LogP contribution in [0.15, 0.2) is 11.6 Å². The van der Waals surface area contributed by atoms with Gasteiger partial charge in [-0.2, -0.15) is 0 Å². The topological polar surface area (TPSA) is 0 Å². The van der Waals surface area contributed by atoms with Gasteiger partial charge in [-0.1, -0.05) is 31.9 Å². The molecule has 1 atom stereocenters. The van der Waals surface area contributed by atoms with E-state index in [0.717, 1.165) is 5.92 Å². The van der Waals surface area contributed by atoms with E-state index in [2.05, 4.69) is 19.9 Å². The first-order valence-electron chi connectivity index (χ1n) is 4.07. The van der Waals surface area contributed by atoms with Crippen LogP contribution in [0.25, 0.3) is 0 Å². The van der Waals surface area contributed by atoms with Gasteiger partial charge in [0.1, 0.15) is 0 Å². The minimum Gasteiger partial charge on any atom is -0.0807 e. The fourth-order valence-corrected chi connectivity index (χ4v) is 1.39. The summed E-state index contributed by atoms with van der Waals surface area (Å²) in [5, 5.41) is 0. The molecule has 0 amide bonds. The Morgan fingerprint density at radius 1 is 1.56 bits per heavy atom. The van der Waals surface area contributed by atoms with Crippen molar-refractivity contribution < 1.29 is 0 Å². The molecule has 1 rings (SSSR count). The highest BCUT2D eigenvalue weighted by Crippen LogP contribution is 2.32. The predicted octanol–water partition coefficient (Wildman–Crippen LogP) is 3.14. The smallest absolute Gasteiger partial charge is 0.0133 e. The molecular weight excluding hydrogens is 108 g/mol. The van der Waals surface area contributed by atoms with Crippen molar-refractivity contribution in [1.29, 1.82) is 0 Å². The Labute approximate surface area is 58.0 Å². The summed E-state index contributed by atoms with van der Waals surface area (Å²) in [5.41, 5.74) is 1.72. The van der Waals surface area contributed by atoms with Gasteiger partial charge < -0.3 is 0 Å². The van der Waals surface area contributed by atoms with Crippen molar-refractivity contribution in [2.75, 3.05) is 0 Å². The van der Waals surface area contributed by atoms with Crippen LogP contribution >= 0.6 is 0 Å². The van der Waals surface area contributed by atoms with E-state index >= 15 is 0 Å². The van der Waals surface area contributed by atoms with Crippen LogP contribution in [0.2, 0.25) is 0 Å². The van der Waals surface area contributed by atoms with E-state index < -0.39 is 0 Å². The van der Waals surface area contributed by atoms with Gasteiger partial charge in [-0.3, -0.25) is 0 Å². The zero-order chi connectivity index (χ0) is 6.69. The van der Waals surface area contributed by atoms with Gasteiger partial charge in [-0.15, -0.1) is 0 Å². The SMILES string of the molecule is CCCC(CC)C1=CC1. The van der Waals surface area contributed by atoms with Gasteiger partial charge in [0.05, 0.1) is 0 Å². The number of hydrogen-bond acceptors (Lipinski definition) is 0. The van der Waals surface area contributed by atoms with Gasteiger partial charge in [0.2, 0.25) is 0 Å². The molecule has 0 aliphatic heterocycles. The van der Waals surface area contributed by atoms with Crippen LogP contribution < -0.4 is 0 Å². The Balaban J connectivity index is 2.21. The summed E-state index contributed by atoms with van der Waals surface area (Å²) < 4.78 is 0. The van der Waals surface area contributed by atoms with E-state index in [9.17, 15) is 0 Å². The second-order valence-corrected chi connectivity index (χ2v) is 2.88. The van der Waals surface area contributed by atoms with Crippen LogP contribution in [-0.2, 0) is 0 Å². The van der Waals surface area contributed by atoms with Crippen molar-refractivity contribution in [2.24, 2.45) is 5.92 Å². The molecule has 9 heavy (non-hydrogen) atoms. The Morgan fingerprint density at radius 3 is 2.56 bits per heavy atom. The normalized spacial score (nSPS) is 19.1. The molecule has 0 aromatic rings. The summed E-state index contributed by atoms with van der Waals surface area (Å²) in [7, 11) is 0. The molecule has 0 fully saturated rings. The second-order valence-electron chi connectivity index (χ2n) is 2.88. The van der Waals surface area contributed by atoms with Crippen molar-refractivity contribution in [1.82, 2.24) is 0 Å². The summed E-state index contributed by atoms with van der Waals surface area (Å²) in [6.07, 6.45) is 7.78. The molecular formula is C9H16. The van der Waals surface area contributed by atoms with Crippen molar-refractivity contribution in [2.45, 2.75) is 39.5 Å². The van der Waals surface area contributed by atoms with Crippen molar-refractivity contribution in [3.05, 3.63) is 11.6 Å². The quantitative estimate of drug-likeness (QED) is 0.505. The van der Waals surface area contributed by atoms with Crippen LogP contribution in [0.3, 0.4) is 0 Å². The minimum atomic E-state index is 0.940. The van der Waals surface area contributed by atoms with Crippen molar-refractivity contribution in [3.63, 3.8) is 0 Å². The third kappa shape index (κ3) is 1.85. The second kappa shape index (κ2) is 3.05. The number of hydrogen-bond donors (Lipinski definition) is 0. The largest absolute Gasteiger partial charge is 0.0807 e. The number of allylic oxidation sites excluding steroid dienone is 2. The predicted molar refractivity (Wildman–Crippen MR) is 41.4 cm³/mol. The minimum absolute atomic E-state index is 0.940. The average Bonchev–Trinajstić information content (AvgIpc) is 2.64. The molecule has 1 aliphatic rings. The molecule has 0 spiro atoms. The lowest BCUT2D eigenvalue weighted by Gasteiger charge is -2.07. The lowest BCUT2D eigenvalue weighted by Crippen LogP contribution is -1.94. The third-order valence-corrected chi connectivity index (χ3v) is 2.09. The van der Waals surface area contributed by atoms with Crippen LogP contribution in [0.4, 0.5) is 0 Å². The summed E-state index contributed by atoms with van der Waals surface area (Å²) in [6.45, 7) is 4.56. The Bertz CT molecular complexity index is 111. The zero-order valence-corrected chi connectivity index (χ0v) is 6.48. The van der Waals surface area contributed by atoms with Crippen molar-refractivity contribution >= 4 is 0 Å². The van der Waals surface area contributed by atoms with E-state index in [0.29, 0.717) is 0 Å². The highest BCUT2D eigenvalue weighted by molar-refractivity contribution is 5.24. The Kier molecular flexibility index (Phi) is 2.32. The first-order chi connectivity index (χ1) is 4.38. The molecule has 0 aromatic carbocycles. The molecule has 0 nitrogen and oxygen atoms in total. The molecule has 0 heterocycles. The standard InChI is InChI=1S/C9H16/c1-3-5-8(4-2)9-6-7-9/h6,8H,3-5,7H2,1-2H3. The lowest BCUT2D eigenvalue weighted by molar-refractivity contribution is 0.545. The van der Waals surface area contributed by atoms with Crippen LogP contribution in [0, 0.1) is 5.92 Å². The van der Waals surface area contributed by atoms with E-state index in [-0.39, 0.29) is 0 Å². The molecule has 0 N–H and O–H groups in total. The molecule has 1 unspecified atom stereocenters. The fraction of sp³-hybridized carbons (Fsp3) is 0.778.